The standard InChI is InChI=1S/C11H13FN2O3/c1-6(11(16)17)14-5-8-4-7(10(13)15)2-3-9(8)12/h2-4,6,14H,5H2,1H3,(H2,13,15)(H,16,17)/t6-/m0/s1. The van der Waals surface area contributed by atoms with E-state index < -0.39 is 23.7 Å². The Kier molecular flexibility index (Phi) is 4.17. The number of nitrogens with two attached hydrogens (primary N) is 1. The zero-order chi connectivity index (χ0) is 13.0. The number of halogens is 1. The number of nitrogens with one attached hydrogen (secondary N) is 1. The van der Waals surface area contributed by atoms with Crippen LogP contribution in [-0.4, -0.2) is 23.0 Å². The molecule has 0 aromatic heterocycles. The van der Waals surface area contributed by atoms with Gasteiger partial charge in [-0.25, -0.2) is 4.39 Å². The second kappa shape index (κ2) is 5.40. The van der Waals surface area contributed by atoms with Crippen LogP contribution in [0.25, 0.3) is 0 Å². The van der Waals surface area contributed by atoms with E-state index in [0.29, 0.717) is 0 Å². The predicted octanol–water partition coefficient (Wildman–Crippen LogP) is 0.487. The molecule has 0 bridgehead atoms. The molecule has 0 aliphatic heterocycles. The van der Waals surface area contributed by atoms with E-state index in [0.717, 1.165) is 6.07 Å². The highest BCUT2D eigenvalue weighted by atomic mass is 19.1. The van der Waals surface area contributed by atoms with Gasteiger partial charge in [-0.2, -0.15) is 0 Å². The van der Waals surface area contributed by atoms with Crippen LogP contribution in [0, 0.1) is 5.82 Å². The van der Waals surface area contributed by atoms with Crippen molar-refractivity contribution in [2.75, 3.05) is 0 Å². The average Bonchev–Trinajstić information content (AvgIpc) is 2.26. The fourth-order valence-corrected chi connectivity index (χ4v) is 1.21. The van der Waals surface area contributed by atoms with Crippen LogP contribution in [0.5, 0.6) is 0 Å². The monoisotopic (exact) mass is 240 g/mol. The Morgan fingerprint density at radius 2 is 2.18 bits per heavy atom. The van der Waals surface area contributed by atoms with E-state index in [4.69, 9.17) is 10.8 Å². The van der Waals surface area contributed by atoms with Crippen molar-refractivity contribution in [3.63, 3.8) is 0 Å². The molecular weight excluding hydrogens is 227 g/mol. The highest BCUT2D eigenvalue weighted by Crippen LogP contribution is 2.10. The molecule has 1 aromatic rings. The largest absolute Gasteiger partial charge is 0.480 e. The lowest BCUT2D eigenvalue weighted by Gasteiger charge is -2.10. The molecule has 92 valence electrons. The number of carbonyl (C=O) groups is 2. The Labute approximate surface area is 97.4 Å². The summed E-state index contributed by atoms with van der Waals surface area (Å²) in [5.74, 6) is -2.20. The zero-order valence-electron chi connectivity index (χ0n) is 9.24. The number of hydrogen-bond acceptors (Lipinski definition) is 3. The number of rotatable bonds is 5. The zero-order valence-corrected chi connectivity index (χ0v) is 9.24. The van der Waals surface area contributed by atoms with E-state index >= 15 is 0 Å². The molecule has 0 unspecified atom stereocenters. The molecule has 1 aromatic carbocycles. The number of hydrogen-bond donors (Lipinski definition) is 3. The fraction of sp³-hybridized carbons (Fsp3) is 0.273. The maximum absolute atomic E-state index is 13.3. The van der Waals surface area contributed by atoms with Gasteiger partial charge in [-0.1, -0.05) is 0 Å². The quantitative estimate of drug-likeness (QED) is 0.698. The van der Waals surface area contributed by atoms with Crippen molar-refractivity contribution in [2.45, 2.75) is 19.5 Å². The first-order chi connectivity index (χ1) is 7.91. The first kappa shape index (κ1) is 13.1. The fourth-order valence-electron chi connectivity index (χ4n) is 1.21. The number of primary amides is 1. The summed E-state index contributed by atoms with van der Waals surface area (Å²) >= 11 is 0. The molecule has 0 spiro atoms. The minimum absolute atomic E-state index is 0.0143. The molecule has 1 amide bonds. The third-order valence-electron chi connectivity index (χ3n) is 2.30. The Hall–Kier alpha value is -1.95. The number of carbonyl (C=O) groups excluding carboxylic acids is 1. The summed E-state index contributed by atoms with van der Waals surface area (Å²) in [4.78, 5) is 21.4. The van der Waals surface area contributed by atoms with Gasteiger partial charge in [0.1, 0.15) is 11.9 Å². The van der Waals surface area contributed by atoms with Crippen LogP contribution in [0.15, 0.2) is 18.2 Å². The highest BCUT2D eigenvalue weighted by molar-refractivity contribution is 5.92. The summed E-state index contributed by atoms with van der Waals surface area (Å²) in [5, 5.41) is 11.3. The van der Waals surface area contributed by atoms with E-state index in [2.05, 4.69) is 5.32 Å². The molecule has 6 heteroatoms. The molecule has 0 aliphatic carbocycles. The van der Waals surface area contributed by atoms with Gasteiger partial charge in [0, 0.05) is 17.7 Å². The van der Waals surface area contributed by atoms with E-state index in [1.54, 1.807) is 0 Å². The number of carboxylic acid groups (broad SMARTS) is 1. The lowest BCUT2D eigenvalue weighted by atomic mass is 10.1. The van der Waals surface area contributed by atoms with E-state index in [1.165, 1.54) is 19.1 Å². The maximum Gasteiger partial charge on any atom is 0.320 e. The first-order valence-corrected chi connectivity index (χ1v) is 4.96. The van der Waals surface area contributed by atoms with Crippen molar-refractivity contribution >= 4 is 11.9 Å². The van der Waals surface area contributed by atoms with E-state index in [-0.39, 0.29) is 17.7 Å². The molecule has 1 atom stereocenters. The number of carboxylic acids is 1. The van der Waals surface area contributed by atoms with Gasteiger partial charge in [0.05, 0.1) is 0 Å². The first-order valence-electron chi connectivity index (χ1n) is 4.96. The molecule has 4 N–H and O–H groups in total. The van der Waals surface area contributed by atoms with Crippen LogP contribution in [0.1, 0.15) is 22.8 Å². The van der Waals surface area contributed by atoms with Gasteiger partial charge in [0.15, 0.2) is 0 Å². The van der Waals surface area contributed by atoms with E-state index in [9.17, 15) is 14.0 Å². The highest BCUT2D eigenvalue weighted by Gasteiger charge is 2.12. The Morgan fingerprint density at radius 1 is 1.53 bits per heavy atom. The molecular formula is C11H13FN2O3. The summed E-state index contributed by atoms with van der Waals surface area (Å²) in [6.45, 7) is 1.46. The molecule has 0 aliphatic rings. The number of amides is 1. The lowest BCUT2D eigenvalue weighted by molar-refractivity contribution is -0.139. The predicted molar refractivity (Wildman–Crippen MR) is 58.9 cm³/mol. The van der Waals surface area contributed by atoms with Crippen molar-refractivity contribution < 1.29 is 19.1 Å². The van der Waals surface area contributed by atoms with Crippen molar-refractivity contribution in [1.29, 1.82) is 0 Å². The second-order valence-corrected chi connectivity index (χ2v) is 3.61. The Bertz CT molecular complexity index is 448. The number of aliphatic carboxylic acids is 1. The van der Waals surface area contributed by atoms with Crippen molar-refractivity contribution in [3.8, 4) is 0 Å². The minimum Gasteiger partial charge on any atom is -0.480 e. The molecule has 0 radical (unpaired) electrons. The van der Waals surface area contributed by atoms with Crippen LogP contribution >= 0.6 is 0 Å². The Balaban J connectivity index is 2.79. The van der Waals surface area contributed by atoms with Gasteiger partial charge in [0.25, 0.3) is 0 Å². The van der Waals surface area contributed by atoms with Crippen LogP contribution < -0.4 is 11.1 Å². The van der Waals surface area contributed by atoms with Gasteiger partial charge in [-0.3, -0.25) is 9.59 Å². The van der Waals surface area contributed by atoms with Crippen molar-refractivity contribution in [1.82, 2.24) is 5.32 Å². The summed E-state index contributed by atoms with van der Waals surface area (Å²) in [7, 11) is 0. The Morgan fingerprint density at radius 3 is 2.71 bits per heavy atom. The summed E-state index contributed by atoms with van der Waals surface area (Å²) in [6.07, 6.45) is 0. The van der Waals surface area contributed by atoms with Crippen LogP contribution in [0.3, 0.4) is 0 Å². The molecule has 0 saturated carbocycles. The van der Waals surface area contributed by atoms with Gasteiger partial charge in [-0.05, 0) is 25.1 Å². The molecule has 0 fully saturated rings. The SMILES string of the molecule is C[C@H](NCc1cc(C(N)=O)ccc1F)C(=O)O. The molecule has 17 heavy (non-hydrogen) atoms. The third kappa shape index (κ3) is 3.53. The third-order valence-corrected chi connectivity index (χ3v) is 2.30. The van der Waals surface area contributed by atoms with Gasteiger partial charge >= 0.3 is 5.97 Å². The molecule has 5 nitrogen and oxygen atoms in total. The summed E-state index contributed by atoms with van der Waals surface area (Å²) in [6, 6.07) is 2.91. The number of benzene rings is 1. The average molecular weight is 240 g/mol. The van der Waals surface area contributed by atoms with Gasteiger partial charge < -0.3 is 16.2 Å². The van der Waals surface area contributed by atoms with Crippen molar-refractivity contribution in [2.24, 2.45) is 5.73 Å². The van der Waals surface area contributed by atoms with Crippen LogP contribution in [0.4, 0.5) is 4.39 Å². The molecule has 0 heterocycles. The van der Waals surface area contributed by atoms with Crippen LogP contribution in [0.2, 0.25) is 0 Å². The topological polar surface area (TPSA) is 92.4 Å². The van der Waals surface area contributed by atoms with Crippen molar-refractivity contribution in [3.05, 3.63) is 35.1 Å². The smallest absolute Gasteiger partial charge is 0.320 e. The summed E-state index contributed by atoms with van der Waals surface area (Å²) in [5.41, 5.74) is 5.45. The maximum atomic E-state index is 13.3. The normalized spacial score (nSPS) is 12.1. The van der Waals surface area contributed by atoms with Gasteiger partial charge in [0.2, 0.25) is 5.91 Å². The van der Waals surface area contributed by atoms with Crippen LogP contribution in [-0.2, 0) is 11.3 Å². The lowest BCUT2D eigenvalue weighted by Crippen LogP contribution is -2.33. The molecule has 0 saturated heterocycles. The van der Waals surface area contributed by atoms with Gasteiger partial charge in [-0.15, -0.1) is 0 Å². The second-order valence-electron chi connectivity index (χ2n) is 3.61. The minimum atomic E-state index is -1.03. The van der Waals surface area contributed by atoms with E-state index in [1.807, 2.05) is 0 Å². The molecule has 1 rings (SSSR count). The summed E-state index contributed by atoms with van der Waals surface area (Å²) < 4.78 is 13.3.